The van der Waals surface area contributed by atoms with Crippen LogP contribution in [0.1, 0.15) is 35.7 Å². The number of rotatable bonds is 4. The Kier molecular flexibility index (Phi) is 6.17. The lowest BCUT2D eigenvalue weighted by Crippen LogP contribution is -2.34. The fourth-order valence-corrected chi connectivity index (χ4v) is 2.50. The molecule has 24 heavy (non-hydrogen) atoms. The second kappa shape index (κ2) is 8.13. The molecule has 126 valence electrons. The second-order valence-electron chi connectivity index (χ2n) is 5.53. The number of hydrogen-bond acceptors (Lipinski definition) is 3. The van der Waals surface area contributed by atoms with Gasteiger partial charge in [0.25, 0.3) is 5.91 Å². The zero-order chi connectivity index (χ0) is 17.7. The van der Waals surface area contributed by atoms with E-state index in [1.165, 1.54) is 5.56 Å². The van der Waals surface area contributed by atoms with E-state index < -0.39 is 0 Å². The summed E-state index contributed by atoms with van der Waals surface area (Å²) in [5, 5.41) is 6.28. The van der Waals surface area contributed by atoms with E-state index in [9.17, 15) is 4.79 Å². The smallest absolute Gasteiger partial charge is 0.257 e. The number of hydrogen-bond donors (Lipinski definition) is 2. The van der Waals surface area contributed by atoms with E-state index in [1.54, 1.807) is 37.4 Å². The second-order valence-corrected chi connectivity index (χ2v) is 6.37. The Morgan fingerprint density at radius 2 is 1.83 bits per heavy atom. The van der Waals surface area contributed by atoms with Gasteiger partial charge in [-0.05, 0) is 54.0 Å². The molecule has 1 amide bonds. The largest absolute Gasteiger partial charge is 0.495 e. The van der Waals surface area contributed by atoms with Crippen LogP contribution in [0.4, 0.5) is 5.69 Å². The monoisotopic (exact) mass is 362 g/mol. The number of carbonyl (C=O) groups excluding carboxylic acids is 1. The minimum Gasteiger partial charge on any atom is -0.495 e. The van der Waals surface area contributed by atoms with Gasteiger partial charge in [-0.3, -0.25) is 10.1 Å². The summed E-state index contributed by atoms with van der Waals surface area (Å²) in [4.78, 5) is 12.3. The summed E-state index contributed by atoms with van der Waals surface area (Å²) < 4.78 is 5.23. The van der Waals surface area contributed by atoms with Crippen molar-refractivity contribution in [3.05, 3.63) is 58.6 Å². The maximum atomic E-state index is 12.3. The van der Waals surface area contributed by atoms with Crippen LogP contribution in [0.25, 0.3) is 0 Å². The molecule has 0 heterocycles. The zero-order valence-electron chi connectivity index (χ0n) is 13.7. The molecule has 0 radical (unpaired) electrons. The quantitative estimate of drug-likeness (QED) is 0.780. The minimum atomic E-state index is -0.274. The van der Waals surface area contributed by atoms with Gasteiger partial charge in [-0.25, -0.2) is 0 Å². The number of thiocarbonyl (C=S) groups is 1. The Morgan fingerprint density at radius 1 is 1.17 bits per heavy atom. The van der Waals surface area contributed by atoms with Crippen molar-refractivity contribution in [3.8, 4) is 5.75 Å². The number of anilines is 1. The number of ether oxygens (including phenoxy) is 1. The molecule has 2 N–H and O–H groups in total. The van der Waals surface area contributed by atoms with Crippen molar-refractivity contribution in [2.75, 3.05) is 12.4 Å². The summed E-state index contributed by atoms with van der Waals surface area (Å²) >= 11 is 11.2. The standard InChI is InChI=1S/C18H19ClN2O2S/c1-11(2)12-4-6-13(7-5-12)17(22)21-18(24)20-15-10-14(19)8-9-16(15)23-3/h4-11H,1-3H3,(H2,20,21,22,24). The predicted octanol–water partition coefficient (Wildman–Crippen LogP) is 4.60. The van der Waals surface area contributed by atoms with Crippen molar-refractivity contribution in [2.45, 2.75) is 19.8 Å². The molecule has 0 bridgehead atoms. The normalized spacial score (nSPS) is 10.4. The van der Waals surface area contributed by atoms with Gasteiger partial charge < -0.3 is 10.1 Å². The summed E-state index contributed by atoms with van der Waals surface area (Å²) in [6.07, 6.45) is 0. The molecule has 0 aliphatic carbocycles. The number of benzene rings is 2. The van der Waals surface area contributed by atoms with Crippen molar-refractivity contribution in [3.63, 3.8) is 0 Å². The van der Waals surface area contributed by atoms with Crippen LogP contribution in [0.5, 0.6) is 5.75 Å². The van der Waals surface area contributed by atoms with Crippen LogP contribution >= 0.6 is 23.8 Å². The third-order valence-corrected chi connectivity index (χ3v) is 3.92. The van der Waals surface area contributed by atoms with E-state index in [0.717, 1.165) is 0 Å². The summed E-state index contributed by atoms with van der Waals surface area (Å²) in [6, 6.07) is 12.6. The number of nitrogens with one attached hydrogen (secondary N) is 2. The maximum Gasteiger partial charge on any atom is 0.257 e. The summed E-state index contributed by atoms with van der Waals surface area (Å²) in [7, 11) is 1.55. The van der Waals surface area contributed by atoms with Crippen molar-refractivity contribution < 1.29 is 9.53 Å². The highest BCUT2D eigenvalue weighted by Crippen LogP contribution is 2.27. The zero-order valence-corrected chi connectivity index (χ0v) is 15.3. The first-order chi connectivity index (χ1) is 11.4. The van der Waals surface area contributed by atoms with Crippen LogP contribution in [0.3, 0.4) is 0 Å². The van der Waals surface area contributed by atoms with Crippen molar-refractivity contribution in [1.82, 2.24) is 5.32 Å². The van der Waals surface area contributed by atoms with Gasteiger partial charge in [0.2, 0.25) is 0 Å². The van der Waals surface area contributed by atoms with Gasteiger partial charge in [0.15, 0.2) is 5.11 Å². The third kappa shape index (κ3) is 4.69. The highest BCUT2D eigenvalue weighted by atomic mass is 35.5. The molecular weight excluding hydrogens is 344 g/mol. The average Bonchev–Trinajstić information content (AvgIpc) is 2.55. The fourth-order valence-electron chi connectivity index (χ4n) is 2.13. The average molecular weight is 363 g/mol. The molecule has 2 rings (SSSR count). The van der Waals surface area contributed by atoms with Gasteiger partial charge in [-0.15, -0.1) is 0 Å². The van der Waals surface area contributed by atoms with Gasteiger partial charge in [0.05, 0.1) is 12.8 Å². The molecule has 0 unspecified atom stereocenters. The Hall–Kier alpha value is -2.11. The van der Waals surface area contributed by atoms with Gasteiger partial charge >= 0.3 is 0 Å². The van der Waals surface area contributed by atoms with Crippen molar-refractivity contribution in [2.24, 2.45) is 0 Å². The lowest BCUT2D eigenvalue weighted by Gasteiger charge is -2.13. The van der Waals surface area contributed by atoms with E-state index in [4.69, 9.17) is 28.6 Å². The summed E-state index contributed by atoms with van der Waals surface area (Å²) in [6.45, 7) is 4.21. The molecule has 0 spiro atoms. The van der Waals surface area contributed by atoms with Crippen LogP contribution in [0.15, 0.2) is 42.5 Å². The molecular formula is C18H19ClN2O2S. The van der Waals surface area contributed by atoms with E-state index in [0.29, 0.717) is 27.9 Å². The Morgan fingerprint density at radius 3 is 2.42 bits per heavy atom. The molecule has 4 nitrogen and oxygen atoms in total. The van der Waals surface area contributed by atoms with Crippen molar-refractivity contribution in [1.29, 1.82) is 0 Å². The van der Waals surface area contributed by atoms with E-state index in [-0.39, 0.29) is 11.0 Å². The first-order valence-corrected chi connectivity index (χ1v) is 8.25. The Balaban J connectivity index is 2.04. The number of halogens is 1. The molecule has 0 fully saturated rings. The summed E-state index contributed by atoms with van der Waals surface area (Å²) in [5.74, 6) is 0.723. The lowest BCUT2D eigenvalue weighted by molar-refractivity contribution is 0.0977. The Labute approximate surface area is 152 Å². The van der Waals surface area contributed by atoms with Gasteiger partial charge in [-0.1, -0.05) is 37.6 Å². The molecule has 0 aromatic heterocycles. The first kappa shape index (κ1) is 18.2. The first-order valence-electron chi connectivity index (χ1n) is 7.46. The number of carbonyl (C=O) groups is 1. The molecule has 0 saturated carbocycles. The van der Waals surface area contributed by atoms with E-state index in [2.05, 4.69) is 24.5 Å². The van der Waals surface area contributed by atoms with Crippen LogP contribution in [0.2, 0.25) is 5.02 Å². The predicted molar refractivity (Wildman–Crippen MR) is 102 cm³/mol. The van der Waals surface area contributed by atoms with Gasteiger partial charge in [-0.2, -0.15) is 0 Å². The van der Waals surface area contributed by atoms with Crippen molar-refractivity contribution >= 4 is 40.5 Å². The highest BCUT2D eigenvalue weighted by Gasteiger charge is 2.11. The molecule has 0 aliphatic rings. The van der Waals surface area contributed by atoms with Crippen LogP contribution in [-0.2, 0) is 0 Å². The third-order valence-electron chi connectivity index (χ3n) is 3.48. The van der Waals surface area contributed by atoms with Crippen LogP contribution in [0, 0.1) is 0 Å². The van der Waals surface area contributed by atoms with Gasteiger partial charge in [0, 0.05) is 10.6 Å². The number of amides is 1. The fraction of sp³-hybridized carbons (Fsp3) is 0.222. The molecule has 2 aromatic carbocycles. The molecule has 0 aliphatic heterocycles. The highest BCUT2D eigenvalue weighted by molar-refractivity contribution is 7.80. The van der Waals surface area contributed by atoms with Gasteiger partial charge in [0.1, 0.15) is 5.75 Å². The minimum absolute atomic E-state index is 0.175. The maximum absolute atomic E-state index is 12.3. The molecule has 0 atom stereocenters. The molecule has 6 heteroatoms. The van der Waals surface area contributed by atoms with Crippen LogP contribution < -0.4 is 15.4 Å². The van der Waals surface area contributed by atoms with E-state index in [1.807, 2.05) is 12.1 Å². The lowest BCUT2D eigenvalue weighted by atomic mass is 10.0. The molecule has 0 saturated heterocycles. The Bertz CT molecular complexity index is 745. The summed E-state index contributed by atoms with van der Waals surface area (Å²) in [5.41, 5.74) is 2.31. The number of methoxy groups -OCH3 is 1. The van der Waals surface area contributed by atoms with Crippen LogP contribution in [-0.4, -0.2) is 18.1 Å². The van der Waals surface area contributed by atoms with E-state index >= 15 is 0 Å². The molecule has 2 aromatic rings. The topological polar surface area (TPSA) is 50.4 Å². The SMILES string of the molecule is COc1ccc(Cl)cc1NC(=S)NC(=O)c1ccc(C(C)C)cc1.